The second-order valence-corrected chi connectivity index (χ2v) is 5.90. The molecular formula is C17H25F2N. The molecule has 0 radical (unpaired) electrons. The second kappa shape index (κ2) is 7.72. The monoisotopic (exact) mass is 281 g/mol. The van der Waals surface area contributed by atoms with E-state index < -0.39 is 11.6 Å². The van der Waals surface area contributed by atoms with E-state index in [-0.39, 0.29) is 0 Å². The Balaban J connectivity index is 2.05. The lowest BCUT2D eigenvalue weighted by Gasteiger charge is -2.31. The molecule has 3 heteroatoms. The highest BCUT2D eigenvalue weighted by molar-refractivity contribution is 5.20. The summed E-state index contributed by atoms with van der Waals surface area (Å²) in [5, 5.41) is 3.57. The van der Waals surface area contributed by atoms with Gasteiger partial charge in [-0.25, -0.2) is 8.78 Å². The fourth-order valence-corrected chi connectivity index (χ4v) is 3.20. The second-order valence-electron chi connectivity index (χ2n) is 5.90. The third kappa shape index (κ3) is 4.27. The van der Waals surface area contributed by atoms with Crippen molar-refractivity contribution in [2.45, 2.75) is 57.9 Å². The first kappa shape index (κ1) is 15.4. The molecule has 1 atom stereocenters. The molecule has 0 aromatic heterocycles. The molecule has 0 heterocycles. The number of halogens is 2. The molecule has 1 saturated carbocycles. The predicted octanol–water partition coefficient (Wildman–Crippen LogP) is 4.46. The van der Waals surface area contributed by atoms with Crippen LogP contribution < -0.4 is 5.32 Å². The van der Waals surface area contributed by atoms with Crippen molar-refractivity contribution in [2.75, 3.05) is 6.54 Å². The number of hydrogen-bond donors (Lipinski definition) is 1. The highest BCUT2D eigenvalue weighted by Gasteiger charge is 2.24. The molecule has 0 bridgehead atoms. The maximum atomic E-state index is 13.8. The molecule has 0 spiro atoms. The van der Waals surface area contributed by atoms with Crippen LogP contribution in [0.5, 0.6) is 0 Å². The zero-order valence-corrected chi connectivity index (χ0v) is 12.3. The molecule has 2 rings (SSSR count). The van der Waals surface area contributed by atoms with Crippen molar-refractivity contribution in [1.82, 2.24) is 5.32 Å². The quantitative estimate of drug-likeness (QED) is 0.812. The summed E-state index contributed by atoms with van der Waals surface area (Å²) in [4.78, 5) is 0. The van der Waals surface area contributed by atoms with E-state index in [9.17, 15) is 8.78 Å². The predicted molar refractivity (Wildman–Crippen MR) is 78.7 cm³/mol. The van der Waals surface area contributed by atoms with Gasteiger partial charge in [-0.05, 0) is 49.8 Å². The first-order valence-corrected chi connectivity index (χ1v) is 7.88. The van der Waals surface area contributed by atoms with Crippen LogP contribution in [-0.2, 0) is 6.42 Å². The van der Waals surface area contributed by atoms with Crippen molar-refractivity contribution >= 4 is 0 Å². The van der Waals surface area contributed by atoms with E-state index in [1.54, 1.807) is 6.07 Å². The Labute approximate surface area is 120 Å². The Kier molecular flexibility index (Phi) is 5.96. The largest absolute Gasteiger partial charge is 0.313 e. The Bertz CT molecular complexity index is 413. The molecule has 20 heavy (non-hydrogen) atoms. The summed E-state index contributed by atoms with van der Waals surface area (Å²) in [6.07, 6.45) is 8.07. The minimum absolute atomic E-state index is 0.315. The molecule has 1 aliphatic rings. The summed E-state index contributed by atoms with van der Waals surface area (Å²) in [7, 11) is 0. The summed E-state index contributed by atoms with van der Waals surface area (Å²) >= 11 is 0. The van der Waals surface area contributed by atoms with Gasteiger partial charge in [-0.1, -0.05) is 32.3 Å². The van der Waals surface area contributed by atoms with Gasteiger partial charge in [0.2, 0.25) is 0 Å². The molecule has 1 aromatic rings. The van der Waals surface area contributed by atoms with E-state index in [4.69, 9.17) is 0 Å². The molecular weight excluding hydrogens is 256 g/mol. The summed E-state index contributed by atoms with van der Waals surface area (Å²) in [5.41, 5.74) is 0.630. The SMILES string of the molecule is CCCNC(Cc1ccc(F)cc1F)C1CCCCC1. The van der Waals surface area contributed by atoms with Crippen LogP contribution in [0.3, 0.4) is 0 Å². The van der Waals surface area contributed by atoms with E-state index >= 15 is 0 Å². The van der Waals surface area contributed by atoms with Gasteiger partial charge in [-0.2, -0.15) is 0 Å². The van der Waals surface area contributed by atoms with Gasteiger partial charge in [-0.3, -0.25) is 0 Å². The summed E-state index contributed by atoms with van der Waals surface area (Å²) < 4.78 is 26.8. The zero-order chi connectivity index (χ0) is 14.4. The van der Waals surface area contributed by atoms with E-state index in [2.05, 4.69) is 12.2 Å². The fraction of sp³-hybridized carbons (Fsp3) is 0.647. The van der Waals surface area contributed by atoms with Gasteiger partial charge in [-0.15, -0.1) is 0 Å². The highest BCUT2D eigenvalue weighted by Crippen LogP contribution is 2.28. The summed E-state index contributed by atoms with van der Waals surface area (Å²) in [5.74, 6) is -0.286. The first-order valence-electron chi connectivity index (χ1n) is 7.88. The number of benzene rings is 1. The Hall–Kier alpha value is -0.960. The van der Waals surface area contributed by atoms with Gasteiger partial charge in [0.25, 0.3) is 0 Å². The van der Waals surface area contributed by atoms with E-state index in [1.165, 1.54) is 38.2 Å². The van der Waals surface area contributed by atoms with Crippen molar-refractivity contribution < 1.29 is 8.78 Å². The van der Waals surface area contributed by atoms with Gasteiger partial charge >= 0.3 is 0 Å². The molecule has 1 aliphatic carbocycles. The van der Waals surface area contributed by atoms with Crippen molar-refractivity contribution in [3.8, 4) is 0 Å². The maximum absolute atomic E-state index is 13.8. The summed E-state index contributed by atoms with van der Waals surface area (Å²) in [6.45, 7) is 3.10. The lowest BCUT2D eigenvalue weighted by molar-refractivity contribution is 0.265. The van der Waals surface area contributed by atoms with Gasteiger partial charge in [0.15, 0.2) is 0 Å². The maximum Gasteiger partial charge on any atom is 0.129 e. The molecule has 1 aromatic carbocycles. The third-order valence-corrected chi connectivity index (χ3v) is 4.33. The van der Waals surface area contributed by atoms with Gasteiger partial charge < -0.3 is 5.32 Å². The average molecular weight is 281 g/mol. The zero-order valence-electron chi connectivity index (χ0n) is 12.3. The highest BCUT2D eigenvalue weighted by atomic mass is 19.1. The number of nitrogens with one attached hydrogen (secondary N) is 1. The minimum atomic E-state index is -0.498. The Morgan fingerprint density at radius 1 is 1.20 bits per heavy atom. The van der Waals surface area contributed by atoms with Gasteiger partial charge in [0.05, 0.1) is 0 Å². The molecule has 1 fully saturated rings. The van der Waals surface area contributed by atoms with Crippen LogP contribution in [0.25, 0.3) is 0 Å². The third-order valence-electron chi connectivity index (χ3n) is 4.33. The van der Waals surface area contributed by atoms with Crippen LogP contribution in [-0.4, -0.2) is 12.6 Å². The van der Waals surface area contributed by atoms with Crippen molar-refractivity contribution in [1.29, 1.82) is 0 Å². The van der Waals surface area contributed by atoms with Gasteiger partial charge in [0.1, 0.15) is 11.6 Å². The van der Waals surface area contributed by atoms with Crippen LogP contribution in [0.15, 0.2) is 18.2 Å². The van der Waals surface area contributed by atoms with E-state index in [1.807, 2.05) is 0 Å². The minimum Gasteiger partial charge on any atom is -0.313 e. The molecule has 1 nitrogen and oxygen atoms in total. The lowest BCUT2D eigenvalue weighted by Crippen LogP contribution is -2.39. The molecule has 112 valence electrons. The van der Waals surface area contributed by atoms with Crippen molar-refractivity contribution in [3.05, 3.63) is 35.4 Å². The van der Waals surface area contributed by atoms with Crippen molar-refractivity contribution in [2.24, 2.45) is 5.92 Å². The Morgan fingerprint density at radius 3 is 2.60 bits per heavy atom. The average Bonchev–Trinajstić information content (AvgIpc) is 2.46. The smallest absolute Gasteiger partial charge is 0.129 e. The fourth-order valence-electron chi connectivity index (χ4n) is 3.20. The van der Waals surface area contributed by atoms with E-state index in [0.717, 1.165) is 19.0 Å². The topological polar surface area (TPSA) is 12.0 Å². The standard InChI is InChI=1S/C17H25F2N/c1-2-10-20-17(13-6-4-3-5-7-13)11-14-8-9-15(18)12-16(14)19/h8-9,12-13,17,20H,2-7,10-11H2,1H3. The van der Waals surface area contributed by atoms with Crippen LogP contribution in [0.1, 0.15) is 51.0 Å². The molecule has 0 aliphatic heterocycles. The normalized spacial score (nSPS) is 18.1. The lowest BCUT2D eigenvalue weighted by atomic mass is 9.81. The Morgan fingerprint density at radius 2 is 1.95 bits per heavy atom. The van der Waals surface area contributed by atoms with Crippen LogP contribution in [0.4, 0.5) is 8.78 Å². The molecule has 0 amide bonds. The van der Waals surface area contributed by atoms with Crippen LogP contribution >= 0.6 is 0 Å². The van der Waals surface area contributed by atoms with Crippen LogP contribution in [0, 0.1) is 17.6 Å². The molecule has 1 N–H and O–H groups in total. The number of rotatable bonds is 6. The molecule has 0 saturated heterocycles. The molecule has 1 unspecified atom stereocenters. The first-order chi connectivity index (χ1) is 9.70. The van der Waals surface area contributed by atoms with Crippen LogP contribution in [0.2, 0.25) is 0 Å². The summed E-state index contributed by atoms with van der Waals surface area (Å²) in [6, 6.07) is 4.26. The number of hydrogen-bond acceptors (Lipinski definition) is 1. The van der Waals surface area contributed by atoms with E-state index in [0.29, 0.717) is 23.9 Å². The van der Waals surface area contributed by atoms with Gasteiger partial charge in [0, 0.05) is 12.1 Å². The van der Waals surface area contributed by atoms with Crippen molar-refractivity contribution in [3.63, 3.8) is 0 Å².